The summed E-state index contributed by atoms with van der Waals surface area (Å²) in [6, 6.07) is 42.0. The second-order valence-corrected chi connectivity index (χ2v) is 12.3. The van der Waals surface area contributed by atoms with Crippen LogP contribution in [-0.4, -0.2) is 26.3 Å². The molecule has 5 aromatic carbocycles. The number of imide groups is 1. The van der Waals surface area contributed by atoms with Crippen molar-refractivity contribution >= 4 is 39.3 Å². The number of benzene rings is 5. The number of hydrogen-bond donors (Lipinski definition) is 0. The molecule has 4 heterocycles. The molecule has 2 amide bonds. The Balaban J connectivity index is 1.35. The molecule has 3 aromatic heterocycles. The zero-order valence-corrected chi connectivity index (χ0v) is 27.4. The fourth-order valence-corrected chi connectivity index (χ4v) is 7.43. The van der Waals surface area contributed by atoms with E-state index in [2.05, 4.69) is 22.1 Å². The van der Waals surface area contributed by atoms with Gasteiger partial charge in [-0.2, -0.15) is 10.5 Å². The first-order valence-electron chi connectivity index (χ1n) is 16.5. The minimum Gasteiger partial charge on any atom is -0.308 e. The molecule has 0 atom stereocenters. The predicted molar refractivity (Wildman–Crippen MR) is 200 cm³/mol. The minimum absolute atomic E-state index is 0.281. The lowest BCUT2D eigenvalue weighted by atomic mass is 9.93. The normalized spacial score (nSPS) is 12.2. The lowest BCUT2D eigenvalue weighted by Gasteiger charge is -2.18. The molecule has 0 saturated carbocycles. The molecule has 1 aliphatic rings. The molecule has 0 N–H and O–H groups in total. The minimum atomic E-state index is -0.431. The van der Waals surface area contributed by atoms with E-state index < -0.39 is 11.8 Å². The van der Waals surface area contributed by atoms with E-state index in [0.717, 1.165) is 44.1 Å². The predicted octanol–water partition coefficient (Wildman–Crippen LogP) is 9.12. The topological polar surface area (TPSA) is 116 Å². The van der Waals surface area contributed by atoms with E-state index in [1.54, 1.807) is 55.1 Å². The summed E-state index contributed by atoms with van der Waals surface area (Å²) < 4.78 is 2.00. The Hall–Kier alpha value is -7.68. The molecule has 0 aliphatic carbocycles. The van der Waals surface area contributed by atoms with Gasteiger partial charge in [-0.05, 0) is 59.2 Å². The molecule has 0 spiro atoms. The van der Waals surface area contributed by atoms with Gasteiger partial charge in [-0.1, -0.05) is 78.9 Å². The van der Waals surface area contributed by atoms with Gasteiger partial charge >= 0.3 is 0 Å². The Kier molecular flexibility index (Phi) is 7.03. The van der Waals surface area contributed by atoms with E-state index in [9.17, 15) is 20.1 Å². The van der Waals surface area contributed by atoms with Crippen molar-refractivity contribution in [3.8, 4) is 51.2 Å². The van der Waals surface area contributed by atoms with E-state index >= 15 is 0 Å². The van der Waals surface area contributed by atoms with Crippen LogP contribution in [0.1, 0.15) is 31.8 Å². The number of nitrogens with zero attached hydrogens (tertiary/aromatic N) is 6. The van der Waals surface area contributed by atoms with Crippen molar-refractivity contribution in [2.45, 2.75) is 0 Å². The number of carbonyl (C=O) groups is 2. The number of rotatable bonds is 5. The molecule has 1 aliphatic heterocycles. The summed E-state index contributed by atoms with van der Waals surface area (Å²) in [4.78, 5) is 39.0. The monoisotopic (exact) mass is 668 g/mol. The van der Waals surface area contributed by atoms with Crippen LogP contribution in [0.4, 0.5) is 5.69 Å². The quantitative estimate of drug-likeness (QED) is 0.169. The standard InChI is InChI=1S/C44H24N6O2/c45-23-28-19-21-47-25-34(28)31-12-6-16-37-40(31)41-32(35-26-48-22-20-29(35)24-46)13-7-17-38(41)49(37)39-18-8-14-33-42(39)44(52)50(43(33)51)36-15-5-4-11-30(36)27-9-2-1-3-10-27/h1-22,25-26H. The van der Waals surface area contributed by atoms with Crippen molar-refractivity contribution in [2.24, 2.45) is 0 Å². The van der Waals surface area contributed by atoms with Crippen LogP contribution in [0.5, 0.6) is 0 Å². The highest BCUT2D eigenvalue weighted by atomic mass is 16.2. The van der Waals surface area contributed by atoms with Gasteiger partial charge in [-0.25, -0.2) is 4.90 Å². The molecule has 0 unspecified atom stereocenters. The lowest BCUT2D eigenvalue weighted by Crippen LogP contribution is -2.30. The smallest absolute Gasteiger partial charge is 0.268 e. The van der Waals surface area contributed by atoms with Crippen molar-refractivity contribution in [2.75, 3.05) is 4.90 Å². The average Bonchev–Trinajstić information content (AvgIpc) is 3.68. The maximum absolute atomic E-state index is 14.7. The van der Waals surface area contributed by atoms with E-state index in [-0.39, 0.29) is 5.56 Å². The maximum Gasteiger partial charge on any atom is 0.268 e. The van der Waals surface area contributed by atoms with Crippen LogP contribution in [0, 0.1) is 22.7 Å². The molecule has 8 heteroatoms. The summed E-state index contributed by atoms with van der Waals surface area (Å²) in [5, 5.41) is 21.8. The van der Waals surface area contributed by atoms with Crippen LogP contribution >= 0.6 is 0 Å². The number of amides is 2. The summed E-state index contributed by atoms with van der Waals surface area (Å²) in [5.74, 6) is -0.838. The summed E-state index contributed by atoms with van der Waals surface area (Å²) in [7, 11) is 0. The number of para-hydroxylation sites is 1. The van der Waals surface area contributed by atoms with Crippen molar-refractivity contribution < 1.29 is 9.59 Å². The zero-order chi connectivity index (χ0) is 35.3. The fraction of sp³-hybridized carbons (Fsp3) is 0. The first-order chi connectivity index (χ1) is 25.6. The van der Waals surface area contributed by atoms with Crippen LogP contribution in [0.15, 0.2) is 146 Å². The highest BCUT2D eigenvalue weighted by molar-refractivity contribution is 6.36. The van der Waals surface area contributed by atoms with E-state index in [0.29, 0.717) is 39.2 Å². The van der Waals surface area contributed by atoms with Crippen LogP contribution in [0.3, 0.4) is 0 Å². The van der Waals surface area contributed by atoms with Crippen molar-refractivity contribution in [3.05, 3.63) is 168 Å². The van der Waals surface area contributed by atoms with E-state index in [1.165, 1.54) is 4.90 Å². The first kappa shape index (κ1) is 30.4. The molecular weight excluding hydrogens is 645 g/mol. The molecule has 0 saturated heterocycles. The molecule has 0 fully saturated rings. The molecule has 242 valence electrons. The number of carbonyl (C=O) groups excluding carboxylic acids is 2. The second kappa shape index (κ2) is 12.0. The van der Waals surface area contributed by atoms with Gasteiger partial charge in [0.2, 0.25) is 0 Å². The molecule has 8 nitrogen and oxygen atoms in total. The molecule has 52 heavy (non-hydrogen) atoms. The second-order valence-electron chi connectivity index (χ2n) is 12.3. The lowest BCUT2D eigenvalue weighted by molar-refractivity contribution is 0.0926. The Morgan fingerprint density at radius 3 is 1.62 bits per heavy atom. The van der Waals surface area contributed by atoms with Gasteiger partial charge in [-0.15, -0.1) is 0 Å². The van der Waals surface area contributed by atoms with Crippen molar-refractivity contribution in [1.29, 1.82) is 10.5 Å². The van der Waals surface area contributed by atoms with Crippen molar-refractivity contribution in [1.82, 2.24) is 14.5 Å². The van der Waals surface area contributed by atoms with Gasteiger partial charge in [0.1, 0.15) is 0 Å². The average molecular weight is 669 g/mol. The zero-order valence-electron chi connectivity index (χ0n) is 27.4. The van der Waals surface area contributed by atoms with E-state index in [4.69, 9.17) is 0 Å². The van der Waals surface area contributed by atoms with Gasteiger partial charge in [-0.3, -0.25) is 19.6 Å². The van der Waals surface area contributed by atoms with Gasteiger partial charge in [0.05, 0.1) is 56.8 Å². The molecular formula is C44H24N6O2. The molecule has 8 aromatic rings. The van der Waals surface area contributed by atoms with Crippen LogP contribution < -0.4 is 4.90 Å². The Labute approximate surface area is 297 Å². The summed E-state index contributed by atoms with van der Waals surface area (Å²) in [5.41, 5.74) is 8.45. The van der Waals surface area contributed by atoms with Gasteiger partial charge in [0.15, 0.2) is 0 Å². The number of anilines is 1. The molecule has 0 radical (unpaired) electrons. The van der Waals surface area contributed by atoms with Crippen molar-refractivity contribution in [3.63, 3.8) is 0 Å². The number of aromatic nitrogens is 3. The Morgan fingerprint density at radius 1 is 0.481 bits per heavy atom. The summed E-state index contributed by atoms with van der Waals surface area (Å²) in [6.07, 6.45) is 6.52. The number of fused-ring (bicyclic) bond motifs is 4. The third-order valence-corrected chi connectivity index (χ3v) is 9.64. The Bertz CT molecular complexity index is 2760. The summed E-state index contributed by atoms with van der Waals surface area (Å²) in [6.45, 7) is 0. The van der Waals surface area contributed by atoms with Gasteiger partial charge in [0, 0.05) is 52.3 Å². The Morgan fingerprint density at radius 2 is 1.00 bits per heavy atom. The van der Waals surface area contributed by atoms with Gasteiger partial charge in [0.25, 0.3) is 11.8 Å². The van der Waals surface area contributed by atoms with Crippen LogP contribution in [0.25, 0.3) is 60.9 Å². The van der Waals surface area contributed by atoms with Crippen LogP contribution in [0.2, 0.25) is 0 Å². The first-order valence-corrected chi connectivity index (χ1v) is 16.5. The molecule has 0 bridgehead atoms. The molecule has 9 rings (SSSR count). The number of hydrogen-bond acceptors (Lipinski definition) is 6. The maximum atomic E-state index is 14.7. The fourth-order valence-electron chi connectivity index (χ4n) is 7.43. The number of nitriles is 2. The van der Waals surface area contributed by atoms with E-state index in [1.807, 2.05) is 95.6 Å². The SMILES string of the molecule is N#Cc1ccncc1-c1cccc2c1c1c(-c3cnccc3C#N)cccc1n2-c1cccc2c1C(=O)N(c1ccccc1-c1ccccc1)C2=O. The third-order valence-electron chi connectivity index (χ3n) is 9.64. The highest BCUT2D eigenvalue weighted by Gasteiger charge is 2.40. The number of pyridine rings is 2. The van der Waals surface area contributed by atoms with Crippen LogP contribution in [-0.2, 0) is 0 Å². The summed E-state index contributed by atoms with van der Waals surface area (Å²) >= 11 is 0. The highest BCUT2D eigenvalue weighted by Crippen LogP contribution is 2.45. The van der Waals surface area contributed by atoms with Gasteiger partial charge < -0.3 is 4.57 Å². The third kappa shape index (κ3) is 4.46. The largest absolute Gasteiger partial charge is 0.308 e.